The third-order valence-electron chi connectivity index (χ3n) is 1.98. The molecule has 0 atom stereocenters. The molecule has 11 heavy (non-hydrogen) atoms. The quantitative estimate of drug-likeness (QED) is 0.583. The third kappa shape index (κ3) is 3.73. The summed E-state index contributed by atoms with van der Waals surface area (Å²) in [7, 11) is 0. The molecule has 66 valence electrons. The van der Waals surface area contributed by atoms with Gasteiger partial charge in [0.05, 0.1) is 0 Å². The van der Waals surface area contributed by atoms with Crippen molar-refractivity contribution in [3.63, 3.8) is 0 Å². The summed E-state index contributed by atoms with van der Waals surface area (Å²) >= 11 is 0. The van der Waals surface area contributed by atoms with Gasteiger partial charge < -0.3 is 9.47 Å². The van der Waals surface area contributed by atoms with Gasteiger partial charge >= 0.3 is 0 Å². The largest absolute Gasteiger partial charge is 0.353 e. The van der Waals surface area contributed by atoms with E-state index in [9.17, 15) is 0 Å². The van der Waals surface area contributed by atoms with Gasteiger partial charge in [0.25, 0.3) is 0 Å². The molecule has 0 N–H and O–H groups in total. The Hall–Kier alpha value is -0.0800. The van der Waals surface area contributed by atoms with Crippen LogP contribution < -0.4 is 0 Å². The van der Waals surface area contributed by atoms with Gasteiger partial charge in [-0.1, -0.05) is 19.8 Å². The van der Waals surface area contributed by atoms with Crippen molar-refractivity contribution in [3.05, 3.63) is 0 Å². The topological polar surface area (TPSA) is 18.5 Å². The van der Waals surface area contributed by atoms with Crippen molar-refractivity contribution in [1.82, 2.24) is 0 Å². The molecule has 1 aliphatic rings. The summed E-state index contributed by atoms with van der Waals surface area (Å²) < 4.78 is 11.0. The van der Waals surface area contributed by atoms with Crippen molar-refractivity contribution in [2.24, 2.45) is 0 Å². The molecule has 0 amide bonds. The van der Waals surface area contributed by atoms with Crippen LogP contribution in [0, 0.1) is 0 Å². The molecule has 0 aromatic rings. The molecule has 0 saturated carbocycles. The molecule has 0 spiro atoms. The fourth-order valence-corrected chi connectivity index (χ4v) is 1.27. The molecular weight excluding hydrogens is 140 g/mol. The first kappa shape index (κ1) is 9.01. The maximum atomic E-state index is 5.49. The van der Waals surface area contributed by atoms with E-state index >= 15 is 0 Å². The Kier molecular flexibility index (Phi) is 4.55. The lowest BCUT2D eigenvalue weighted by Crippen LogP contribution is -2.16. The number of ether oxygens (including phenoxy) is 2. The van der Waals surface area contributed by atoms with E-state index in [4.69, 9.17) is 9.47 Å². The highest BCUT2D eigenvalue weighted by Crippen LogP contribution is 2.09. The summed E-state index contributed by atoms with van der Waals surface area (Å²) in [4.78, 5) is 0. The fourth-order valence-electron chi connectivity index (χ4n) is 1.27. The highest BCUT2D eigenvalue weighted by molar-refractivity contribution is 4.48. The van der Waals surface area contributed by atoms with Gasteiger partial charge in [-0.05, 0) is 19.3 Å². The van der Waals surface area contributed by atoms with Gasteiger partial charge in [0.1, 0.15) is 0 Å². The van der Waals surface area contributed by atoms with Crippen molar-refractivity contribution in [3.8, 4) is 0 Å². The van der Waals surface area contributed by atoms with Crippen LogP contribution >= 0.6 is 0 Å². The lowest BCUT2D eigenvalue weighted by Gasteiger charge is -2.14. The fraction of sp³-hybridized carbons (Fsp3) is 1.00. The van der Waals surface area contributed by atoms with Crippen molar-refractivity contribution >= 4 is 0 Å². The number of hydrogen-bond donors (Lipinski definition) is 0. The molecule has 0 aromatic carbocycles. The van der Waals surface area contributed by atoms with Crippen LogP contribution in [-0.2, 0) is 9.47 Å². The lowest BCUT2D eigenvalue weighted by molar-refractivity contribution is -0.141. The standard InChI is InChI=1S/C9H18O2/c1-2-9-10-7-5-3-4-6-8-11-9/h9H,2-8H2,1H3. The van der Waals surface area contributed by atoms with E-state index in [0.29, 0.717) is 0 Å². The molecule has 1 aliphatic heterocycles. The molecule has 2 nitrogen and oxygen atoms in total. The molecule has 0 aromatic heterocycles. The molecule has 0 bridgehead atoms. The van der Waals surface area contributed by atoms with Crippen molar-refractivity contribution in [2.75, 3.05) is 13.2 Å². The maximum absolute atomic E-state index is 5.49. The smallest absolute Gasteiger partial charge is 0.157 e. The van der Waals surface area contributed by atoms with E-state index in [1.807, 2.05) is 0 Å². The summed E-state index contributed by atoms with van der Waals surface area (Å²) in [5.41, 5.74) is 0. The molecule has 0 aliphatic carbocycles. The highest BCUT2D eigenvalue weighted by atomic mass is 16.7. The molecule has 0 unspecified atom stereocenters. The molecule has 1 fully saturated rings. The van der Waals surface area contributed by atoms with E-state index in [1.54, 1.807) is 0 Å². The van der Waals surface area contributed by atoms with Crippen LogP contribution in [0.3, 0.4) is 0 Å². The second kappa shape index (κ2) is 5.56. The van der Waals surface area contributed by atoms with Gasteiger partial charge in [-0.15, -0.1) is 0 Å². The molecule has 1 rings (SSSR count). The van der Waals surface area contributed by atoms with E-state index in [0.717, 1.165) is 19.6 Å². The van der Waals surface area contributed by atoms with Crippen molar-refractivity contribution < 1.29 is 9.47 Å². The van der Waals surface area contributed by atoms with Gasteiger partial charge in [0.2, 0.25) is 0 Å². The minimum absolute atomic E-state index is 0.0631. The summed E-state index contributed by atoms with van der Waals surface area (Å²) in [6.07, 6.45) is 6.01. The first-order valence-electron chi connectivity index (χ1n) is 4.66. The minimum Gasteiger partial charge on any atom is -0.353 e. The van der Waals surface area contributed by atoms with Crippen LogP contribution in [0.4, 0.5) is 0 Å². The highest BCUT2D eigenvalue weighted by Gasteiger charge is 2.07. The Morgan fingerprint density at radius 2 is 1.55 bits per heavy atom. The third-order valence-corrected chi connectivity index (χ3v) is 1.98. The zero-order valence-corrected chi connectivity index (χ0v) is 7.34. The van der Waals surface area contributed by atoms with E-state index in [2.05, 4.69) is 6.92 Å². The normalized spacial score (nSPS) is 23.7. The summed E-state index contributed by atoms with van der Waals surface area (Å²) in [6, 6.07) is 0. The van der Waals surface area contributed by atoms with Gasteiger partial charge in [-0.3, -0.25) is 0 Å². The van der Waals surface area contributed by atoms with Crippen LogP contribution in [0.5, 0.6) is 0 Å². The Morgan fingerprint density at radius 1 is 1.00 bits per heavy atom. The zero-order chi connectivity index (χ0) is 7.94. The average Bonchev–Trinajstić information content (AvgIpc) is 2.16. The lowest BCUT2D eigenvalue weighted by atomic mass is 10.2. The minimum atomic E-state index is 0.0631. The Labute approximate surface area is 68.9 Å². The van der Waals surface area contributed by atoms with Gasteiger partial charge in [-0.25, -0.2) is 0 Å². The van der Waals surface area contributed by atoms with Crippen LogP contribution in [0.15, 0.2) is 0 Å². The summed E-state index contributed by atoms with van der Waals surface area (Å²) in [5, 5.41) is 0. The second-order valence-electron chi connectivity index (χ2n) is 2.99. The van der Waals surface area contributed by atoms with Crippen LogP contribution in [0.25, 0.3) is 0 Å². The molecule has 1 heterocycles. The Bertz CT molecular complexity index is 83.6. The van der Waals surface area contributed by atoms with Crippen molar-refractivity contribution in [2.45, 2.75) is 45.3 Å². The predicted octanol–water partition coefficient (Wildman–Crippen LogP) is 2.33. The molecule has 1 saturated heterocycles. The first-order valence-corrected chi connectivity index (χ1v) is 4.66. The van der Waals surface area contributed by atoms with E-state index in [-0.39, 0.29) is 6.29 Å². The van der Waals surface area contributed by atoms with Gasteiger partial charge in [0, 0.05) is 13.2 Å². The second-order valence-corrected chi connectivity index (χ2v) is 2.99. The molecule has 2 heteroatoms. The summed E-state index contributed by atoms with van der Waals surface area (Å²) in [6.45, 7) is 3.85. The maximum Gasteiger partial charge on any atom is 0.157 e. The van der Waals surface area contributed by atoms with Gasteiger partial charge in [-0.2, -0.15) is 0 Å². The molecule has 0 radical (unpaired) electrons. The van der Waals surface area contributed by atoms with Crippen LogP contribution in [0.2, 0.25) is 0 Å². The summed E-state index contributed by atoms with van der Waals surface area (Å²) in [5.74, 6) is 0. The Morgan fingerprint density at radius 3 is 2.00 bits per heavy atom. The monoisotopic (exact) mass is 158 g/mol. The number of rotatable bonds is 1. The van der Waals surface area contributed by atoms with Crippen LogP contribution in [0.1, 0.15) is 39.0 Å². The van der Waals surface area contributed by atoms with E-state index in [1.165, 1.54) is 25.7 Å². The average molecular weight is 158 g/mol. The van der Waals surface area contributed by atoms with Crippen molar-refractivity contribution in [1.29, 1.82) is 0 Å². The SMILES string of the molecule is CCC1OCCCCCCO1. The van der Waals surface area contributed by atoms with E-state index < -0.39 is 0 Å². The number of hydrogen-bond acceptors (Lipinski definition) is 2. The molecular formula is C9H18O2. The predicted molar refractivity (Wildman–Crippen MR) is 44.5 cm³/mol. The van der Waals surface area contributed by atoms with Crippen LogP contribution in [-0.4, -0.2) is 19.5 Å². The first-order chi connectivity index (χ1) is 5.43. The Balaban J connectivity index is 2.19. The zero-order valence-electron chi connectivity index (χ0n) is 7.34. The van der Waals surface area contributed by atoms with Gasteiger partial charge in [0.15, 0.2) is 6.29 Å².